The third-order valence-electron chi connectivity index (χ3n) is 2.03. The molecule has 0 atom stereocenters. The lowest BCUT2D eigenvalue weighted by Gasteiger charge is -2.07. The summed E-state index contributed by atoms with van der Waals surface area (Å²) in [5.41, 5.74) is 0.261. The standard InChI is InChI=1S/C11H8Cl2FNO/c12-8-2-1-3-9(14)11(8)15-6-7-4-5-10(13)16-7/h1-5,15H,6H2. The zero-order valence-electron chi connectivity index (χ0n) is 8.14. The predicted molar refractivity (Wildman–Crippen MR) is 62.5 cm³/mol. The molecule has 1 aromatic heterocycles. The fourth-order valence-electron chi connectivity index (χ4n) is 1.29. The van der Waals surface area contributed by atoms with E-state index in [9.17, 15) is 4.39 Å². The fraction of sp³-hybridized carbons (Fsp3) is 0.0909. The minimum Gasteiger partial charge on any atom is -0.448 e. The second-order valence-corrected chi connectivity index (χ2v) is 3.94. The van der Waals surface area contributed by atoms with Crippen molar-refractivity contribution >= 4 is 28.9 Å². The van der Waals surface area contributed by atoms with E-state index in [1.807, 2.05) is 0 Å². The molecule has 0 bridgehead atoms. The Balaban J connectivity index is 2.10. The molecule has 1 aromatic carbocycles. The van der Waals surface area contributed by atoms with Crippen LogP contribution in [0.3, 0.4) is 0 Å². The summed E-state index contributed by atoms with van der Waals surface area (Å²) in [6, 6.07) is 7.84. The van der Waals surface area contributed by atoms with Gasteiger partial charge >= 0.3 is 0 Å². The number of nitrogens with one attached hydrogen (secondary N) is 1. The van der Waals surface area contributed by atoms with Gasteiger partial charge in [-0.25, -0.2) is 4.39 Å². The van der Waals surface area contributed by atoms with Gasteiger partial charge in [-0.15, -0.1) is 0 Å². The van der Waals surface area contributed by atoms with Crippen LogP contribution in [0.4, 0.5) is 10.1 Å². The van der Waals surface area contributed by atoms with Crippen LogP contribution in [0.2, 0.25) is 10.2 Å². The van der Waals surface area contributed by atoms with Crippen LogP contribution in [0.5, 0.6) is 0 Å². The van der Waals surface area contributed by atoms with Crippen LogP contribution in [0.15, 0.2) is 34.7 Å². The molecule has 1 heterocycles. The first-order valence-corrected chi connectivity index (χ1v) is 5.34. The number of para-hydroxylation sites is 1. The van der Waals surface area contributed by atoms with Gasteiger partial charge in [-0.3, -0.25) is 0 Å². The van der Waals surface area contributed by atoms with E-state index < -0.39 is 5.82 Å². The molecule has 0 spiro atoms. The predicted octanol–water partition coefficient (Wildman–Crippen LogP) is 4.34. The Bertz CT molecular complexity index is 478. The molecule has 2 nitrogen and oxygen atoms in total. The SMILES string of the molecule is Fc1cccc(Cl)c1NCc1ccc(Cl)o1. The van der Waals surface area contributed by atoms with Crippen LogP contribution in [0.1, 0.15) is 5.76 Å². The van der Waals surface area contributed by atoms with Crippen molar-refractivity contribution in [3.05, 3.63) is 52.2 Å². The zero-order chi connectivity index (χ0) is 11.5. The van der Waals surface area contributed by atoms with Gasteiger partial charge in [0.2, 0.25) is 0 Å². The number of benzene rings is 1. The fourth-order valence-corrected chi connectivity index (χ4v) is 1.68. The third kappa shape index (κ3) is 2.49. The maximum Gasteiger partial charge on any atom is 0.193 e. The summed E-state index contributed by atoms with van der Waals surface area (Å²) in [6.45, 7) is 0.327. The molecule has 2 rings (SSSR count). The number of halogens is 3. The van der Waals surface area contributed by atoms with Crippen molar-refractivity contribution in [2.75, 3.05) is 5.32 Å². The molecule has 0 saturated carbocycles. The molecule has 5 heteroatoms. The van der Waals surface area contributed by atoms with Crippen molar-refractivity contribution in [3.8, 4) is 0 Å². The maximum atomic E-state index is 13.4. The summed E-state index contributed by atoms with van der Waals surface area (Å²) in [5.74, 6) is 0.217. The summed E-state index contributed by atoms with van der Waals surface area (Å²) < 4.78 is 18.5. The normalized spacial score (nSPS) is 10.4. The third-order valence-corrected chi connectivity index (χ3v) is 2.55. The van der Waals surface area contributed by atoms with E-state index in [-0.39, 0.29) is 5.69 Å². The van der Waals surface area contributed by atoms with E-state index in [1.165, 1.54) is 6.07 Å². The Hall–Kier alpha value is -1.19. The zero-order valence-corrected chi connectivity index (χ0v) is 9.65. The Morgan fingerprint density at radius 2 is 2.00 bits per heavy atom. The van der Waals surface area contributed by atoms with Crippen molar-refractivity contribution in [2.24, 2.45) is 0 Å². The Morgan fingerprint density at radius 1 is 1.19 bits per heavy atom. The van der Waals surface area contributed by atoms with E-state index in [1.54, 1.807) is 24.3 Å². The molecule has 1 N–H and O–H groups in total. The van der Waals surface area contributed by atoms with E-state index >= 15 is 0 Å². The molecule has 0 amide bonds. The van der Waals surface area contributed by atoms with Gasteiger partial charge in [0.05, 0.1) is 17.3 Å². The molecule has 0 aliphatic carbocycles. The largest absolute Gasteiger partial charge is 0.448 e. The van der Waals surface area contributed by atoms with Crippen LogP contribution in [0.25, 0.3) is 0 Å². The molecule has 84 valence electrons. The molecular weight excluding hydrogens is 252 g/mol. The maximum absolute atomic E-state index is 13.4. The first-order valence-electron chi connectivity index (χ1n) is 4.59. The molecule has 2 aromatic rings. The first-order chi connectivity index (χ1) is 7.66. The van der Waals surface area contributed by atoms with Gasteiger partial charge in [-0.1, -0.05) is 17.7 Å². The summed E-state index contributed by atoms with van der Waals surface area (Å²) in [5, 5.41) is 3.48. The minimum absolute atomic E-state index is 0.261. The van der Waals surface area contributed by atoms with Crippen molar-refractivity contribution < 1.29 is 8.81 Å². The highest BCUT2D eigenvalue weighted by atomic mass is 35.5. The number of furan rings is 1. The lowest BCUT2D eigenvalue weighted by molar-refractivity contribution is 0.519. The average molecular weight is 260 g/mol. The average Bonchev–Trinajstić information content (AvgIpc) is 2.63. The topological polar surface area (TPSA) is 25.2 Å². The molecule has 0 aliphatic rings. The highest BCUT2D eigenvalue weighted by molar-refractivity contribution is 6.33. The van der Waals surface area contributed by atoms with Crippen molar-refractivity contribution in [3.63, 3.8) is 0 Å². The van der Waals surface area contributed by atoms with Crippen LogP contribution >= 0.6 is 23.2 Å². The van der Waals surface area contributed by atoms with Gasteiger partial charge in [0.1, 0.15) is 11.6 Å². The molecule has 0 unspecified atom stereocenters. The monoisotopic (exact) mass is 259 g/mol. The number of rotatable bonds is 3. The van der Waals surface area contributed by atoms with Crippen molar-refractivity contribution in [2.45, 2.75) is 6.54 Å². The number of hydrogen-bond donors (Lipinski definition) is 1. The highest BCUT2D eigenvalue weighted by Crippen LogP contribution is 2.25. The Morgan fingerprint density at radius 3 is 2.62 bits per heavy atom. The van der Waals surface area contributed by atoms with Gasteiger partial charge in [0.25, 0.3) is 0 Å². The number of anilines is 1. The minimum atomic E-state index is -0.398. The van der Waals surface area contributed by atoms with Crippen molar-refractivity contribution in [1.29, 1.82) is 0 Å². The smallest absolute Gasteiger partial charge is 0.193 e. The van der Waals surface area contributed by atoms with Crippen molar-refractivity contribution in [1.82, 2.24) is 0 Å². The highest BCUT2D eigenvalue weighted by Gasteiger charge is 2.07. The lowest BCUT2D eigenvalue weighted by atomic mass is 10.3. The van der Waals surface area contributed by atoms with Crippen LogP contribution in [0, 0.1) is 5.82 Å². The number of hydrogen-bond acceptors (Lipinski definition) is 2. The van der Waals surface area contributed by atoms with E-state index in [0.29, 0.717) is 22.5 Å². The van der Waals surface area contributed by atoms with E-state index in [2.05, 4.69) is 5.32 Å². The molecule has 0 fully saturated rings. The van der Waals surface area contributed by atoms with E-state index in [0.717, 1.165) is 0 Å². The molecule has 0 saturated heterocycles. The first kappa shape index (κ1) is 11.3. The van der Waals surface area contributed by atoms with Gasteiger partial charge in [-0.05, 0) is 35.9 Å². The van der Waals surface area contributed by atoms with Crippen LogP contribution in [-0.4, -0.2) is 0 Å². The quantitative estimate of drug-likeness (QED) is 0.888. The van der Waals surface area contributed by atoms with E-state index in [4.69, 9.17) is 27.6 Å². The van der Waals surface area contributed by atoms with Gasteiger partial charge in [0.15, 0.2) is 5.22 Å². The summed E-state index contributed by atoms with van der Waals surface area (Å²) >= 11 is 11.5. The lowest BCUT2D eigenvalue weighted by Crippen LogP contribution is -2.00. The molecular formula is C11H8Cl2FNO. The Kier molecular flexibility index (Phi) is 3.36. The second kappa shape index (κ2) is 4.76. The summed E-state index contributed by atoms with van der Waals surface area (Å²) in [6.07, 6.45) is 0. The summed E-state index contributed by atoms with van der Waals surface area (Å²) in [4.78, 5) is 0. The van der Waals surface area contributed by atoms with Crippen LogP contribution in [-0.2, 0) is 6.54 Å². The van der Waals surface area contributed by atoms with Gasteiger partial charge in [-0.2, -0.15) is 0 Å². The van der Waals surface area contributed by atoms with Crippen LogP contribution < -0.4 is 5.32 Å². The molecule has 0 aliphatic heterocycles. The Labute approximate surface area is 102 Å². The second-order valence-electron chi connectivity index (χ2n) is 3.16. The molecule has 16 heavy (non-hydrogen) atoms. The van der Waals surface area contributed by atoms with Gasteiger partial charge in [0, 0.05) is 0 Å². The summed E-state index contributed by atoms with van der Waals surface area (Å²) in [7, 11) is 0. The molecule has 0 radical (unpaired) electrons. The van der Waals surface area contributed by atoms with Gasteiger partial charge < -0.3 is 9.73 Å².